The fourth-order valence-electron chi connectivity index (χ4n) is 3.61. The van der Waals surface area contributed by atoms with Gasteiger partial charge in [-0.3, -0.25) is 9.59 Å². The standard InChI is InChI=1S/C23H26F3N3O4/c1-15(30)27-19(16-3-6-18(32-2)7-4-16)14-22(31)28-20-13-17(23(24,25)26)5-8-21(20)29-9-11-33-12-10-29/h3-8,13,19H,9-12,14H2,1-2H3,(H,27,30)(H,28,31)/t19-/m0/s1. The first-order valence-corrected chi connectivity index (χ1v) is 10.4. The summed E-state index contributed by atoms with van der Waals surface area (Å²) in [5.74, 6) is -0.251. The molecular formula is C23H26F3N3O4. The fourth-order valence-corrected chi connectivity index (χ4v) is 3.61. The normalized spacial score (nSPS) is 15.0. The van der Waals surface area contributed by atoms with Gasteiger partial charge in [0.15, 0.2) is 0 Å². The molecule has 0 unspecified atom stereocenters. The fraction of sp³-hybridized carbons (Fsp3) is 0.391. The first-order valence-electron chi connectivity index (χ1n) is 10.4. The molecule has 1 heterocycles. The predicted octanol–water partition coefficient (Wildman–Crippen LogP) is 3.76. The number of methoxy groups -OCH3 is 1. The van der Waals surface area contributed by atoms with E-state index in [1.54, 1.807) is 24.3 Å². The van der Waals surface area contributed by atoms with E-state index < -0.39 is 23.7 Å². The van der Waals surface area contributed by atoms with Gasteiger partial charge < -0.3 is 25.0 Å². The molecule has 2 N–H and O–H groups in total. The molecule has 1 aliphatic heterocycles. The zero-order valence-corrected chi connectivity index (χ0v) is 18.4. The third kappa shape index (κ3) is 6.61. The number of alkyl halides is 3. The molecule has 0 aromatic heterocycles. The molecular weight excluding hydrogens is 439 g/mol. The SMILES string of the molecule is COc1ccc([C@H](CC(=O)Nc2cc(C(F)(F)F)ccc2N2CCOCC2)NC(C)=O)cc1. The molecule has 1 atom stereocenters. The molecule has 2 aromatic rings. The van der Waals surface area contributed by atoms with E-state index in [9.17, 15) is 22.8 Å². The lowest BCUT2D eigenvalue weighted by molar-refractivity contribution is -0.137. The van der Waals surface area contributed by atoms with E-state index in [0.29, 0.717) is 43.3 Å². The van der Waals surface area contributed by atoms with Gasteiger partial charge in [-0.05, 0) is 35.9 Å². The lowest BCUT2D eigenvalue weighted by Crippen LogP contribution is -2.37. The molecule has 0 bridgehead atoms. The summed E-state index contributed by atoms with van der Waals surface area (Å²) in [5, 5.41) is 5.34. The highest BCUT2D eigenvalue weighted by molar-refractivity contribution is 5.95. The molecule has 0 spiro atoms. The van der Waals surface area contributed by atoms with Crippen molar-refractivity contribution in [1.29, 1.82) is 0 Å². The lowest BCUT2D eigenvalue weighted by Gasteiger charge is -2.31. The van der Waals surface area contributed by atoms with Crippen molar-refractivity contribution in [1.82, 2.24) is 5.32 Å². The maximum atomic E-state index is 13.3. The molecule has 33 heavy (non-hydrogen) atoms. The van der Waals surface area contributed by atoms with Crippen LogP contribution in [-0.4, -0.2) is 45.2 Å². The van der Waals surface area contributed by atoms with Gasteiger partial charge in [-0.25, -0.2) is 0 Å². The third-order valence-electron chi connectivity index (χ3n) is 5.23. The summed E-state index contributed by atoms with van der Waals surface area (Å²) < 4.78 is 50.4. The minimum absolute atomic E-state index is 0.0630. The molecule has 1 aliphatic rings. The van der Waals surface area contributed by atoms with Gasteiger partial charge in [0, 0.05) is 20.0 Å². The summed E-state index contributed by atoms with van der Waals surface area (Å²) in [5.41, 5.74) is 0.357. The van der Waals surface area contributed by atoms with Crippen LogP contribution in [0.1, 0.15) is 30.5 Å². The summed E-state index contributed by atoms with van der Waals surface area (Å²) in [7, 11) is 1.52. The Labute approximate surface area is 189 Å². The molecule has 7 nitrogen and oxygen atoms in total. The maximum Gasteiger partial charge on any atom is 0.416 e. The molecule has 3 rings (SSSR count). The van der Waals surface area contributed by atoms with Crippen LogP contribution in [0.3, 0.4) is 0 Å². The molecule has 10 heteroatoms. The number of nitrogens with zero attached hydrogens (tertiary/aromatic N) is 1. The largest absolute Gasteiger partial charge is 0.497 e. The first kappa shape index (κ1) is 24.4. The maximum absolute atomic E-state index is 13.3. The smallest absolute Gasteiger partial charge is 0.416 e. The number of carbonyl (C=O) groups excluding carboxylic acids is 2. The van der Waals surface area contributed by atoms with Crippen LogP contribution in [0.4, 0.5) is 24.5 Å². The Bertz CT molecular complexity index is 974. The number of rotatable bonds is 7. The van der Waals surface area contributed by atoms with Crippen molar-refractivity contribution < 1.29 is 32.2 Å². The minimum Gasteiger partial charge on any atom is -0.497 e. The minimum atomic E-state index is -4.55. The topological polar surface area (TPSA) is 79.9 Å². The van der Waals surface area contributed by atoms with Crippen molar-refractivity contribution in [3.05, 3.63) is 53.6 Å². The second-order valence-corrected chi connectivity index (χ2v) is 7.61. The monoisotopic (exact) mass is 465 g/mol. The van der Waals surface area contributed by atoms with Crippen LogP contribution in [0.2, 0.25) is 0 Å². The Balaban J connectivity index is 1.84. The van der Waals surface area contributed by atoms with E-state index in [0.717, 1.165) is 12.1 Å². The number of nitrogens with one attached hydrogen (secondary N) is 2. The highest BCUT2D eigenvalue weighted by Gasteiger charge is 2.32. The van der Waals surface area contributed by atoms with Crippen molar-refractivity contribution in [2.24, 2.45) is 0 Å². The summed E-state index contributed by atoms with van der Waals surface area (Å²) in [4.78, 5) is 26.4. The number of hydrogen-bond acceptors (Lipinski definition) is 5. The predicted molar refractivity (Wildman–Crippen MR) is 117 cm³/mol. The van der Waals surface area contributed by atoms with E-state index in [1.165, 1.54) is 20.1 Å². The Morgan fingerprint density at radius 3 is 2.36 bits per heavy atom. The molecule has 2 aromatic carbocycles. The number of benzene rings is 2. The van der Waals surface area contributed by atoms with Gasteiger partial charge >= 0.3 is 6.18 Å². The van der Waals surface area contributed by atoms with Gasteiger partial charge in [0.2, 0.25) is 11.8 Å². The van der Waals surface area contributed by atoms with Gasteiger partial charge in [-0.15, -0.1) is 0 Å². The van der Waals surface area contributed by atoms with E-state index in [-0.39, 0.29) is 18.0 Å². The van der Waals surface area contributed by atoms with Crippen molar-refractivity contribution in [3.63, 3.8) is 0 Å². The Morgan fingerprint density at radius 2 is 1.79 bits per heavy atom. The molecule has 0 aliphatic carbocycles. The van der Waals surface area contributed by atoms with E-state index in [1.807, 2.05) is 4.90 Å². The molecule has 178 valence electrons. The molecule has 2 amide bonds. The summed E-state index contributed by atoms with van der Waals surface area (Å²) in [6.45, 7) is 3.20. The second kappa shape index (κ2) is 10.6. The number of ether oxygens (including phenoxy) is 2. The van der Waals surface area contributed by atoms with E-state index in [4.69, 9.17) is 9.47 Å². The van der Waals surface area contributed by atoms with Gasteiger partial charge in [0.1, 0.15) is 5.75 Å². The highest BCUT2D eigenvalue weighted by atomic mass is 19.4. The number of amides is 2. The number of anilines is 2. The summed E-state index contributed by atoms with van der Waals surface area (Å²) >= 11 is 0. The Kier molecular flexibility index (Phi) is 7.80. The molecule has 0 saturated carbocycles. The zero-order chi connectivity index (χ0) is 24.0. The van der Waals surface area contributed by atoms with Crippen LogP contribution in [-0.2, 0) is 20.5 Å². The average Bonchev–Trinajstić information content (AvgIpc) is 2.78. The van der Waals surface area contributed by atoms with Crippen molar-refractivity contribution in [2.45, 2.75) is 25.6 Å². The first-order chi connectivity index (χ1) is 15.7. The van der Waals surface area contributed by atoms with Gasteiger partial charge in [-0.2, -0.15) is 13.2 Å². The van der Waals surface area contributed by atoms with Crippen molar-refractivity contribution >= 4 is 23.2 Å². The quantitative estimate of drug-likeness (QED) is 0.651. The van der Waals surface area contributed by atoms with Crippen molar-refractivity contribution in [2.75, 3.05) is 43.6 Å². The van der Waals surface area contributed by atoms with Crippen LogP contribution in [0, 0.1) is 0 Å². The van der Waals surface area contributed by atoms with Crippen LogP contribution in [0.15, 0.2) is 42.5 Å². The van der Waals surface area contributed by atoms with Gasteiger partial charge in [0.05, 0.1) is 49.7 Å². The Morgan fingerprint density at radius 1 is 1.12 bits per heavy atom. The molecule has 0 radical (unpaired) electrons. The number of carbonyl (C=O) groups is 2. The average molecular weight is 465 g/mol. The lowest BCUT2D eigenvalue weighted by atomic mass is 10.0. The van der Waals surface area contributed by atoms with E-state index in [2.05, 4.69) is 10.6 Å². The zero-order valence-electron chi connectivity index (χ0n) is 18.4. The molecule has 1 fully saturated rings. The van der Waals surface area contributed by atoms with E-state index >= 15 is 0 Å². The molecule has 1 saturated heterocycles. The van der Waals surface area contributed by atoms with Crippen molar-refractivity contribution in [3.8, 4) is 5.75 Å². The number of halogens is 3. The number of hydrogen-bond donors (Lipinski definition) is 2. The highest BCUT2D eigenvalue weighted by Crippen LogP contribution is 2.36. The van der Waals surface area contributed by atoms with Gasteiger partial charge in [-0.1, -0.05) is 12.1 Å². The Hall–Kier alpha value is -3.27. The third-order valence-corrected chi connectivity index (χ3v) is 5.23. The van der Waals surface area contributed by atoms with Crippen LogP contribution >= 0.6 is 0 Å². The number of morpholine rings is 1. The summed E-state index contributed by atoms with van der Waals surface area (Å²) in [6.07, 6.45) is -4.71. The van der Waals surface area contributed by atoms with Crippen LogP contribution in [0.25, 0.3) is 0 Å². The van der Waals surface area contributed by atoms with Crippen LogP contribution < -0.4 is 20.3 Å². The van der Waals surface area contributed by atoms with Gasteiger partial charge in [0.25, 0.3) is 0 Å². The second-order valence-electron chi connectivity index (χ2n) is 7.61. The summed E-state index contributed by atoms with van der Waals surface area (Å²) in [6, 6.07) is 9.47. The van der Waals surface area contributed by atoms with Crippen LogP contribution in [0.5, 0.6) is 5.75 Å².